The van der Waals surface area contributed by atoms with Gasteiger partial charge in [0.05, 0.1) is 28.9 Å². The van der Waals surface area contributed by atoms with Gasteiger partial charge in [0, 0.05) is 11.8 Å². The van der Waals surface area contributed by atoms with Crippen LogP contribution in [0.25, 0.3) is 0 Å². The van der Waals surface area contributed by atoms with Crippen molar-refractivity contribution in [3.63, 3.8) is 0 Å². The highest BCUT2D eigenvalue weighted by molar-refractivity contribution is 6.34. The number of nitrogens with one attached hydrogen (secondary N) is 1. The molecule has 0 aliphatic carbocycles. The first-order chi connectivity index (χ1) is 9.56. The molecule has 1 aromatic carbocycles. The molecule has 0 aliphatic rings. The quantitative estimate of drug-likeness (QED) is 0.926. The van der Waals surface area contributed by atoms with E-state index in [4.69, 9.17) is 27.9 Å². The molecular formula is C15H16Cl2N2O. The first-order valence-corrected chi connectivity index (χ1v) is 6.95. The molecule has 1 unspecified atom stereocenters. The van der Waals surface area contributed by atoms with Gasteiger partial charge < -0.3 is 10.1 Å². The van der Waals surface area contributed by atoms with Gasteiger partial charge in [0.15, 0.2) is 0 Å². The van der Waals surface area contributed by atoms with Crippen molar-refractivity contribution < 1.29 is 4.74 Å². The largest absolute Gasteiger partial charge is 0.496 e. The lowest BCUT2D eigenvalue weighted by molar-refractivity contribution is 0.405. The second-order valence-corrected chi connectivity index (χ2v) is 5.33. The van der Waals surface area contributed by atoms with Crippen molar-refractivity contribution >= 4 is 23.2 Å². The number of nitrogens with zero attached hydrogens (tertiary/aromatic N) is 1. The van der Waals surface area contributed by atoms with Crippen molar-refractivity contribution in [3.8, 4) is 5.75 Å². The van der Waals surface area contributed by atoms with Gasteiger partial charge in [-0.3, -0.25) is 4.98 Å². The summed E-state index contributed by atoms with van der Waals surface area (Å²) in [6.45, 7) is 2.03. The number of methoxy groups -OCH3 is 1. The van der Waals surface area contributed by atoms with Gasteiger partial charge in [-0.2, -0.15) is 0 Å². The Morgan fingerprint density at radius 3 is 2.60 bits per heavy atom. The summed E-state index contributed by atoms with van der Waals surface area (Å²) in [4.78, 5) is 4.35. The Labute approximate surface area is 128 Å². The van der Waals surface area contributed by atoms with E-state index in [2.05, 4.69) is 16.4 Å². The van der Waals surface area contributed by atoms with Crippen LogP contribution in [0.1, 0.15) is 22.9 Å². The summed E-state index contributed by atoms with van der Waals surface area (Å²) < 4.78 is 5.43. The number of aryl methyl sites for hydroxylation is 1. The van der Waals surface area contributed by atoms with Crippen molar-refractivity contribution in [1.29, 1.82) is 0 Å². The standard InChI is InChI=1S/C15H16Cl2N2O/c1-9-4-5-13(20-3)11(6-9)14(18-2)15-12(17)7-10(16)8-19-15/h4-8,14,18H,1-3H3. The molecule has 0 saturated heterocycles. The maximum atomic E-state index is 6.26. The van der Waals surface area contributed by atoms with Crippen molar-refractivity contribution in [2.24, 2.45) is 0 Å². The molecule has 0 bridgehead atoms. The Morgan fingerprint density at radius 2 is 2.00 bits per heavy atom. The molecule has 2 rings (SSSR count). The van der Waals surface area contributed by atoms with Crippen LogP contribution in [0.4, 0.5) is 0 Å². The molecule has 0 saturated carbocycles. The zero-order chi connectivity index (χ0) is 14.7. The maximum Gasteiger partial charge on any atom is 0.124 e. The molecule has 1 heterocycles. The minimum Gasteiger partial charge on any atom is -0.496 e. The highest BCUT2D eigenvalue weighted by atomic mass is 35.5. The highest BCUT2D eigenvalue weighted by Gasteiger charge is 2.20. The van der Waals surface area contributed by atoms with E-state index in [9.17, 15) is 0 Å². The number of benzene rings is 1. The average molecular weight is 311 g/mol. The minimum atomic E-state index is -0.158. The molecular weight excluding hydrogens is 295 g/mol. The number of pyridine rings is 1. The van der Waals surface area contributed by atoms with Crippen LogP contribution in [0.5, 0.6) is 5.75 Å². The number of rotatable bonds is 4. The van der Waals surface area contributed by atoms with E-state index in [0.29, 0.717) is 10.0 Å². The van der Waals surface area contributed by atoms with Gasteiger partial charge in [-0.15, -0.1) is 0 Å². The van der Waals surface area contributed by atoms with E-state index in [-0.39, 0.29) is 6.04 Å². The van der Waals surface area contributed by atoms with Gasteiger partial charge in [-0.25, -0.2) is 0 Å². The third kappa shape index (κ3) is 3.06. The molecule has 20 heavy (non-hydrogen) atoms. The van der Waals surface area contributed by atoms with E-state index in [1.807, 2.05) is 26.1 Å². The lowest BCUT2D eigenvalue weighted by atomic mass is 10.00. The first kappa shape index (κ1) is 15.1. The number of hydrogen-bond acceptors (Lipinski definition) is 3. The number of halogens is 2. The molecule has 0 fully saturated rings. The average Bonchev–Trinajstić information content (AvgIpc) is 2.42. The van der Waals surface area contributed by atoms with Crippen LogP contribution in [-0.2, 0) is 0 Å². The fraction of sp³-hybridized carbons (Fsp3) is 0.267. The maximum absolute atomic E-state index is 6.26. The van der Waals surface area contributed by atoms with Gasteiger partial charge in [-0.1, -0.05) is 40.9 Å². The van der Waals surface area contributed by atoms with Gasteiger partial charge in [0.25, 0.3) is 0 Å². The lowest BCUT2D eigenvalue weighted by Gasteiger charge is -2.20. The van der Waals surface area contributed by atoms with Crippen molar-refractivity contribution in [1.82, 2.24) is 10.3 Å². The minimum absolute atomic E-state index is 0.158. The SMILES string of the molecule is CNC(c1cc(C)ccc1OC)c1ncc(Cl)cc1Cl. The summed E-state index contributed by atoms with van der Waals surface area (Å²) in [5.41, 5.74) is 2.86. The topological polar surface area (TPSA) is 34.1 Å². The van der Waals surface area contributed by atoms with Crippen LogP contribution in [-0.4, -0.2) is 19.1 Å². The van der Waals surface area contributed by atoms with Crippen LogP contribution >= 0.6 is 23.2 Å². The van der Waals surface area contributed by atoms with E-state index in [1.165, 1.54) is 0 Å². The van der Waals surface area contributed by atoms with Crippen LogP contribution < -0.4 is 10.1 Å². The molecule has 1 atom stereocenters. The lowest BCUT2D eigenvalue weighted by Crippen LogP contribution is -2.20. The molecule has 0 radical (unpaired) electrons. The molecule has 1 N–H and O–H groups in total. The van der Waals surface area contributed by atoms with Gasteiger partial charge in [-0.05, 0) is 26.1 Å². The first-order valence-electron chi connectivity index (χ1n) is 6.19. The summed E-state index contributed by atoms with van der Waals surface area (Å²) in [5.74, 6) is 0.794. The zero-order valence-electron chi connectivity index (χ0n) is 11.6. The normalized spacial score (nSPS) is 12.2. The van der Waals surface area contributed by atoms with Crippen LogP contribution in [0.2, 0.25) is 10.0 Å². The van der Waals surface area contributed by atoms with E-state index in [0.717, 1.165) is 22.6 Å². The fourth-order valence-corrected chi connectivity index (χ4v) is 2.65. The van der Waals surface area contributed by atoms with Crippen molar-refractivity contribution in [3.05, 3.63) is 57.3 Å². The Bertz CT molecular complexity index is 617. The smallest absolute Gasteiger partial charge is 0.124 e. The number of aromatic nitrogens is 1. The Morgan fingerprint density at radius 1 is 1.25 bits per heavy atom. The third-order valence-corrected chi connectivity index (χ3v) is 3.60. The highest BCUT2D eigenvalue weighted by Crippen LogP contribution is 2.33. The molecule has 0 amide bonds. The molecule has 106 valence electrons. The Balaban J connectivity index is 2.54. The van der Waals surface area contributed by atoms with Gasteiger partial charge in [0.2, 0.25) is 0 Å². The summed E-state index contributed by atoms with van der Waals surface area (Å²) >= 11 is 12.2. The zero-order valence-corrected chi connectivity index (χ0v) is 13.1. The second-order valence-electron chi connectivity index (χ2n) is 4.49. The van der Waals surface area contributed by atoms with Crippen molar-refractivity contribution in [2.75, 3.05) is 14.2 Å². The Hall–Kier alpha value is -1.29. The Kier molecular flexibility index (Phi) is 4.86. The van der Waals surface area contributed by atoms with E-state index in [1.54, 1.807) is 19.4 Å². The molecule has 0 spiro atoms. The molecule has 1 aromatic heterocycles. The number of hydrogen-bond donors (Lipinski definition) is 1. The molecule has 2 aromatic rings. The van der Waals surface area contributed by atoms with Crippen LogP contribution in [0.3, 0.4) is 0 Å². The van der Waals surface area contributed by atoms with E-state index < -0.39 is 0 Å². The predicted octanol–water partition coefficient (Wildman–Crippen LogP) is 4.01. The molecule has 0 aliphatic heterocycles. The molecule has 3 nitrogen and oxygen atoms in total. The van der Waals surface area contributed by atoms with E-state index >= 15 is 0 Å². The second kappa shape index (κ2) is 6.44. The summed E-state index contributed by atoms with van der Waals surface area (Å²) in [7, 11) is 3.51. The van der Waals surface area contributed by atoms with Crippen LogP contribution in [0.15, 0.2) is 30.5 Å². The van der Waals surface area contributed by atoms with Gasteiger partial charge in [0.1, 0.15) is 5.75 Å². The third-order valence-electron chi connectivity index (χ3n) is 3.09. The van der Waals surface area contributed by atoms with Crippen molar-refractivity contribution in [2.45, 2.75) is 13.0 Å². The fourth-order valence-electron chi connectivity index (χ4n) is 2.16. The molecule has 5 heteroatoms. The summed E-state index contributed by atoms with van der Waals surface area (Å²) in [6, 6.07) is 7.55. The van der Waals surface area contributed by atoms with Crippen LogP contribution in [0, 0.1) is 6.92 Å². The number of ether oxygens (including phenoxy) is 1. The monoisotopic (exact) mass is 310 g/mol. The predicted molar refractivity (Wildman–Crippen MR) is 82.9 cm³/mol. The summed E-state index contributed by atoms with van der Waals surface area (Å²) in [6.07, 6.45) is 1.59. The summed E-state index contributed by atoms with van der Waals surface area (Å²) in [5, 5.41) is 4.27. The van der Waals surface area contributed by atoms with Gasteiger partial charge >= 0.3 is 0 Å².